The van der Waals surface area contributed by atoms with E-state index in [1.54, 1.807) is 0 Å². The van der Waals surface area contributed by atoms with Crippen molar-refractivity contribution in [2.45, 2.75) is 78.2 Å². The third-order valence-electron chi connectivity index (χ3n) is 3.77. The van der Waals surface area contributed by atoms with E-state index in [-0.39, 0.29) is 11.8 Å². The molecule has 0 saturated heterocycles. The van der Waals surface area contributed by atoms with Crippen molar-refractivity contribution in [3.63, 3.8) is 0 Å². The Morgan fingerprint density at radius 3 is 2.29 bits per heavy atom. The molecular formula is C17H31NO3. The molecule has 0 spiro atoms. The van der Waals surface area contributed by atoms with Crippen LogP contribution < -0.4 is 5.32 Å². The topological polar surface area (TPSA) is 66.4 Å². The van der Waals surface area contributed by atoms with Crippen molar-refractivity contribution in [1.82, 2.24) is 5.32 Å². The molecule has 0 aromatic carbocycles. The number of hydrogen-bond acceptors (Lipinski definition) is 2. The summed E-state index contributed by atoms with van der Waals surface area (Å²) in [5.74, 6) is -1.35. The quantitative estimate of drug-likeness (QED) is 0.424. The highest BCUT2D eigenvalue weighted by atomic mass is 16.4. The minimum Gasteiger partial charge on any atom is -0.480 e. The fourth-order valence-electron chi connectivity index (χ4n) is 2.12. The van der Waals surface area contributed by atoms with E-state index in [9.17, 15) is 9.59 Å². The molecule has 2 N–H and O–H groups in total. The first-order valence-corrected chi connectivity index (χ1v) is 8.22. The lowest BCUT2D eigenvalue weighted by Crippen LogP contribution is -2.44. The van der Waals surface area contributed by atoms with Gasteiger partial charge in [0.25, 0.3) is 0 Å². The Hall–Kier alpha value is -1.32. The molecule has 2 unspecified atom stereocenters. The average Bonchev–Trinajstić information content (AvgIpc) is 2.46. The molecule has 0 aliphatic rings. The van der Waals surface area contributed by atoms with Crippen LogP contribution in [0.4, 0.5) is 0 Å². The maximum Gasteiger partial charge on any atom is 0.326 e. The van der Waals surface area contributed by atoms with Crippen LogP contribution in [0.5, 0.6) is 0 Å². The average molecular weight is 297 g/mol. The van der Waals surface area contributed by atoms with Crippen molar-refractivity contribution >= 4 is 11.9 Å². The molecule has 1 amide bonds. The Labute approximate surface area is 129 Å². The van der Waals surface area contributed by atoms with Crippen LogP contribution >= 0.6 is 0 Å². The lowest BCUT2D eigenvalue weighted by molar-refractivity contribution is -0.142. The van der Waals surface area contributed by atoms with Gasteiger partial charge in [0, 0.05) is 0 Å². The largest absolute Gasteiger partial charge is 0.480 e. The number of hydrogen-bond donors (Lipinski definition) is 2. The van der Waals surface area contributed by atoms with Gasteiger partial charge in [-0.15, -0.1) is 0 Å². The third kappa shape index (κ3) is 10.1. The van der Waals surface area contributed by atoms with E-state index in [4.69, 9.17) is 5.11 Å². The molecule has 0 fully saturated rings. The van der Waals surface area contributed by atoms with Crippen molar-refractivity contribution in [2.24, 2.45) is 5.92 Å². The maximum atomic E-state index is 11.7. The van der Waals surface area contributed by atoms with Crippen LogP contribution in [0.15, 0.2) is 12.2 Å². The standard InChI is InChI=1S/C17H31NO3/c1-4-6-7-8-9-10-11-12-13-15(19)18-16(17(20)21)14(3)5-2/h12-14,16H,4-11H2,1-3H3,(H,18,19)(H,20,21)/b13-12+. The van der Waals surface area contributed by atoms with Crippen molar-refractivity contribution in [3.05, 3.63) is 12.2 Å². The predicted octanol–water partition coefficient (Wildman–Crippen LogP) is 3.91. The summed E-state index contributed by atoms with van der Waals surface area (Å²) < 4.78 is 0. The zero-order valence-electron chi connectivity index (χ0n) is 13.7. The van der Waals surface area contributed by atoms with Gasteiger partial charge in [0.15, 0.2) is 0 Å². The second-order valence-electron chi connectivity index (χ2n) is 5.67. The van der Waals surface area contributed by atoms with Crippen molar-refractivity contribution in [3.8, 4) is 0 Å². The zero-order chi connectivity index (χ0) is 16.1. The second-order valence-corrected chi connectivity index (χ2v) is 5.67. The van der Waals surface area contributed by atoms with Crippen LogP contribution in [0.25, 0.3) is 0 Å². The van der Waals surface area contributed by atoms with Crippen LogP contribution in [0.2, 0.25) is 0 Å². The highest BCUT2D eigenvalue weighted by Crippen LogP contribution is 2.09. The number of amides is 1. The summed E-state index contributed by atoms with van der Waals surface area (Å²) in [4.78, 5) is 22.8. The van der Waals surface area contributed by atoms with E-state index in [2.05, 4.69) is 12.2 Å². The van der Waals surface area contributed by atoms with Gasteiger partial charge in [0.1, 0.15) is 6.04 Å². The third-order valence-corrected chi connectivity index (χ3v) is 3.77. The highest BCUT2D eigenvalue weighted by Gasteiger charge is 2.24. The van der Waals surface area contributed by atoms with Gasteiger partial charge < -0.3 is 10.4 Å². The number of aliphatic carboxylic acids is 1. The minimum absolute atomic E-state index is 0.0709. The Balaban J connectivity index is 3.90. The first-order chi connectivity index (χ1) is 10.0. The smallest absolute Gasteiger partial charge is 0.326 e. The monoisotopic (exact) mass is 297 g/mol. The lowest BCUT2D eigenvalue weighted by atomic mass is 9.99. The van der Waals surface area contributed by atoms with Crippen LogP contribution in [0.1, 0.15) is 72.1 Å². The predicted molar refractivity (Wildman–Crippen MR) is 86.2 cm³/mol. The second kappa shape index (κ2) is 12.4. The molecule has 4 heteroatoms. The molecule has 0 aromatic heterocycles. The van der Waals surface area contributed by atoms with Gasteiger partial charge in [-0.25, -0.2) is 4.79 Å². The molecule has 2 atom stereocenters. The van der Waals surface area contributed by atoms with Gasteiger partial charge in [-0.05, 0) is 24.8 Å². The summed E-state index contributed by atoms with van der Waals surface area (Å²) in [6.45, 7) is 5.95. The molecule has 0 bridgehead atoms. The molecule has 0 rings (SSSR count). The maximum absolute atomic E-state index is 11.7. The summed E-state index contributed by atoms with van der Waals surface area (Å²) in [5.41, 5.74) is 0. The Bertz CT molecular complexity index is 326. The molecule has 0 aromatic rings. The number of carbonyl (C=O) groups is 2. The number of carbonyl (C=O) groups excluding carboxylic acids is 1. The van der Waals surface area contributed by atoms with Crippen LogP contribution in [-0.2, 0) is 9.59 Å². The van der Waals surface area contributed by atoms with Crippen molar-refractivity contribution in [2.75, 3.05) is 0 Å². The Morgan fingerprint density at radius 1 is 1.10 bits per heavy atom. The SMILES string of the molecule is CCCCCCCC/C=C/C(=O)NC(C(=O)O)C(C)CC. The summed E-state index contributed by atoms with van der Waals surface area (Å²) in [6.07, 6.45) is 12.3. The van der Waals surface area contributed by atoms with Gasteiger partial charge in [0.05, 0.1) is 0 Å². The Kier molecular flexibility index (Phi) is 11.6. The van der Waals surface area contributed by atoms with E-state index in [1.807, 2.05) is 19.9 Å². The van der Waals surface area contributed by atoms with Crippen LogP contribution in [0, 0.1) is 5.92 Å². The lowest BCUT2D eigenvalue weighted by Gasteiger charge is -2.19. The van der Waals surface area contributed by atoms with Crippen LogP contribution in [-0.4, -0.2) is 23.0 Å². The van der Waals surface area contributed by atoms with E-state index < -0.39 is 12.0 Å². The number of rotatable bonds is 12. The fourth-order valence-corrected chi connectivity index (χ4v) is 2.12. The fraction of sp³-hybridized carbons (Fsp3) is 0.765. The number of carboxylic acid groups (broad SMARTS) is 1. The molecule has 0 saturated carbocycles. The van der Waals surface area contributed by atoms with E-state index in [0.717, 1.165) is 19.3 Å². The first-order valence-electron chi connectivity index (χ1n) is 8.22. The van der Waals surface area contributed by atoms with E-state index in [0.29, 0.717) is 0 Å². The van der Waals surface area contributed by atoms with Gasteiger partial charge in [-0.2, -0.15) is 0 Å². The van der Waals surface area contributed by atoms with E-state index >= 15 is 0 Å². The zero-order valence-corrected chi connectivity index (χ0v) is 13.7. The van der Waals surface area contributed by atoms with Crippen molar-refractivity contribution < 1.29 is 14.7 Å². The van der Waals surface area contributed by atoms with Crippen LogP contribution in [0.3, 0.4) is 0 Å². The van der Waals surface area contributed by atoms with E-state index in [1.165, 1.54) is 38.2 Å². The molecule has 0 radical (unpaired) electrons. The highest BCUT2D eigenvalue weighted by molar-refractivity contribution is 5.91. The van der Waals surface area contributed by atoms with Gasteiger partial charge in [0.2, 0.25) is 5.91 Å². The number of allylic oxidation sites excluding steroid dienone is 1. The molecule has 0 heterocycles. The molecule has 21 heavy (non-hydrogen) atoms. The Morgan fingerprint density at radius 2 is 1.71 bits per heavy atom. The normalized spacial score (nSPS) is 14.0. The van der Waals surface area contributed by atoms with Crippen molar-refractivity contribution in [1.29, 1.82) is 0 Å². The van der Waals surface area contributed by atoms with Gasteiger partial charge >= 0.3 is 5.97 Å². The first kappa shape index (κ1) is 19.7. The minimum atomic E-state index is -0.970. The number of carboxylic acids is 1. The summed E-state index contributed by atoms with van der Waals surface area (Å²) in [6, 6.07) is -0.804. The van der Waals surface area contributed by atoms with Gasteiger partial charge in [-0.1, -0.05) is 65.4 Å². The summed E-state index contributed by atoms with van der Waals surface area (Å²) >= 11 is 0. The molecular weight excluding hydrogens is 266 g/mol. The molecule has 122 valence electrons. The number of unbranched alkanes of at least 4 members (excludes halogenated alkanes) is 6. The molecule has 0 aliphatic heterocycles. The summed E-state index contributed by atoms with van der Waals surface area (Å²) in [7, 11) is 0. The molecule has 4 nitrogen and oxygen atoms in total. The van der Waals surface area contributed by atoms with Gasteiger partial charge in [-0.3, -0.25) is 4.79 Å². The molecule has 0 aliphatic carbocycles. The summed E-state index contributed by atoms with van der Waals surface area (Å²) in [5, 5.41) is 11.7. The number of nitrogens with one attached hydrogen (secondary N) is 1.